The van der Waals surface area contributed by atoms with Crippen molar-refractivity contribution in [2.24, 2.45) is 5.92 Å². The second kappa shape index (κ2) is 12.0. The van der Waals surface area contributed by atoms with Crippen LogP contribution in [0.4, 0.5) is 0 Å². The van der Waals surface area contributed by atoms with Crippen molar-refractivity contribution in [3.63, 3.8) is 0 Å². The minimum atomic E-state index is -0.347. The highest BCUT2D eigenvalue weighted by atomic mass is 32.1. The Balaban J connectivity index is 1.60. The molecule has 3 atom stereocenters. The summed E-state index contributed by atoms with van der Waals surface area (Å²) in [7, 11) is 5.04. The van der Waals surface area contributed by atoms with Crippen LogP contribution in [0.15, 0.2) is 22.8 Å². The molecule has 44 heavy (non-hydrogen) atoms. The number of ether oxygens (including phenoxy) is 3. The molecule has 0 radical (unpaired) electrons. The SMILES string of the molecule is COc1cc2c(c(OC)c1OC)C1=C([C@@H]3C(=O)c4sc5c(c4[C@H]1C1=C3CCCCCC1)CCCCCC5)[C@@H](NC(C)=O)CC2. The van der Waals surface area contributed by atoms with E-state index in [2.05, 4.69) is 11.4 Å². The number of aryl methyl sites for hydroxylation is 2. The first kappa shape index (κ1) is 29.6. The van der Waals surface area contributed by atoms with E-state index in [4.69, 9.17) is 14.2 Å². The predicted molar refractivity (Wildman–Crippen MR) is 174 cm³/mol. The Labute approximate surface area is 265 Å². The lowest BCUT2D eigenvalue weighted by atomic mass is 9.65. The monoisotopic (exact) mass is 615 g/mol. The number of fused-ring (bicyclic) bond motifs is 2. The standard InChI is InChI=1S/C37H45NO5S/c1-20(39)38-25-18-17-21-19-26(41-2)35(42-3)36(43-4)28(21)33-29-22-13-9-5-6-10-14-23(22)30(32(25)33)34(40)37-31(29)24-15-11-7-8-12-16-27(24)44-37/h19,25,29-30H,5-18H2,1-4H3,(H,38,39)/t25-,29+,30+/m0/s1. The summed E-state index contributed by atoms with van der Waals surface area (Å²) in [4.78, 5) is 30.4. The fourth-order valence-electron chi connectivity index (χ4n) is 9.06. The van der Waals surface area contributed by atoms with E-state index in [1.807, 2.05) is 0 Å². The van der Waals surface area contributed by atoms with Gasteiger partial charge < -0.3 is 19.5 Å². The molecular formula is C37H45NO5S. The van der Waals surface area contributed by atoms with Crippen LogP contribution < -0.4 is 19.5 Å². The minimum Gasteiger partial charge on any atom is -0.493 e. The summed E-state index contributed by atoms with van der Waals surface area (Å²) in [6.45, 7) is 1.60. The second-order valence-electron chi connectivity index (χ2n) is 13.2. The zero-order valence-corrected chi connectivity index (χ0v) is 27.5. The second-order valence-corrected chi connectivity index (χ2v) is 14.3. The molecule has 6 aliphatic rings. The third-order valence-electron chi connectivity index (χ3n) is 10.8. The Morgan fingerprint density at radius 2 is 1.48 bits per heavy atom. The number of methoxy groups -OCH3 is 3. The number of carbonyl (C=O) groups excluding carboxylic acids is 2. The van der Waals surface area contributed by atoms with Crippen LogP contribution in [0.3, 0.4) is 0 Å². The van der Waals surface area contributed by atoms with Gasteiger partial charge in [-0.05, 0) is 98.1 Å². The molecule has 7 heteroatoms. The highest BCUT2D eigenvalue weighted by Crippen LogP contribution is 2.62. The number of amides is 1. The molecule has 6 nitrogen and oxygen atoms in total. The van der Waals surface area contributed by atoms with Crippen LogP contribution in [0.25, 0.3) is 5.57 Å². The summed E-state index contributed by atoms with van der Waals surface area (Å²) in [5.41, 5.74) is 10.00. The van der Waals surface area contributed by atoms with Gasteiger partial charge in [-0.25, -0.2) is 0 Å². The van der Waals surface area contributed by atoms with Gasteiger partial charge in [0.25, 0.3) is 0 Å². The zero-order chi connectivity index (χ0) is 30.5. The average Bonchev–Trinajstić information content (AvgIpc) is 3.14. The van der Waals surface area contributed by atoms with Crippen LogP contribution in [-0.4, -0.2) is 39.1 Å². The van der Waals surface area contributed by atoms with E-state index in [-0.39, 0.29) is 29.6 Å². The molecule has 6 aliphatic carbocycles. The van der Waals surface area contributed by atoms with Gasteiger partial charge in [0.1, 0.15) is 0 Å². The van der Waals surface area contributed by atoms with Crippen molar-refractivity contribution in [3.8, 4) is 17.2 Å². The number of Topliss-reactive ketones (excluding diaryl/α,β-unsaturated/α-hetero) is 1. The van der Waals surface area contributed by atoms with Crippen LogP contribution in [0.1, 0.15) is 120 Å². The minimum absolute atomic E-state index is 0.0182. The molecule has 1 N–H and O–H groups in total. The summed E-state index contributed by atoms with van der Waals surface area (Å²) < 4.78 is 18.0. The summed E-state index contributed by atoms with van der Waals surface area (Å²) in [6.07, 6.45) is 15.1. The molecule has 0 saturated heterocycles. The Hall–Kier alpha value is -3.06. The molecule has 0 saturated carbocycles. The third kappa shape index (κ3) is 4.64. The quantitative estimate of drug-likeness (QED) is 0.354. The fraction of sp³-hybridized carbons (Fsp3) is 0.568. The number of hydrogen-bond acceptors (Lipinski definition) is 6. The highest BCUT2D eigenvalue weighted by molar-refractivity contribution is 7.14. The summed E-state index contributed by atoms with van der Waals surface area (Å²) in [5, 5.41) is 3.34. The number of nitrogens with one attached hydrogen (secondary N) is 1. The van der Waals surface area contributed by atoms with Gasteiger partial charge in [0.05, 0.1) is 38.2 Å². The molecule has 1 amide bonds. The van der Waals surface area contributed by atoms with Crippen LogP contribution >= 0.6 is 11.3 Å². The Kier molecular flexibility index (Phi) is 8.11. The first-order chi connectivity index (χ1) is 21.5. The Morgan fingerprint density at radius 3 is 2.14 bits per heavy atom. The van der Waals surface area contributed by atoms with Gasteiger partial charge in [-0.1, -0.05) is 36.8 Å². The zero-order valence-electron chi connectivity index (χ0n) is 26.7. The first-order valence-electron chi connectivity index (χ1n) is 16.7. The highest BCUT2D eigenvalue weighted by Gasteiger charge is 2.51. The van der Waals surface area contributed by atoms with E-state index < -0.39 is 0 Å². The lowest BCUT2D eigenvalue weighted by Gasteiger charge is -2.39. The number of benzene rings is 1. The van der Waals surface area contributed by atoms with Crippen molar-refractivity contribution in [1.82, 2.24) is 5.32 Å². The lowest BCUT2D eigenvalue weighted by Crippen LogP contribution is -2.40. The van der Waals surface area contributed by atoms with Crippen LogP contribution in [-0.2, 0) is 24.1 Å². The van der Waals surface area contributed by atoms with Gasteiger partial charge in [0, 0.05) is 23.3 Å². The molecule has 2 aromatic rings. The first-order valence-corrected chi connectivity index (χ1v) is 17.5. The molecule has 1 heterocycles. The number of ketones is 1. The maximum Gasteiger partial charge on any atom is 0.217 e. The van der Waals surface area contributed by atoms with Crippen molar-refractivity contribution < 1.29 is 23.8 Å². The van der Waals surface area contributed by atoms with Gasteiger partial charge in [-0.3, -0.25) is 9.59 Å². The largest absolute Gasteiger partial charge is 0.493 e. The van der Waals surface area contributed by atoms with E-state index in [0.29, 0.717) is 17.2 Å². The van der Waals surface area contributed by atoms with Crippen LogP contribution in [0.5, 0.6) is 17.2 Å². The Morgan fingerprint density at radius 1 is 0.818 bits per heavy atom. The van der Waals surface area contributed by atoms with Crippen LogP contribution in [0, 0.1) is 5.92 Å². The van der Waals surface area contributed by atoms with Crippen molar-refractivity contribution in [3.05, 3.63) is 54.8 Å². The van der Waals surface area contributed by atoms with E-state index in [9.17, 15) is 4.79 Å². The molecule has 0 unspecified atom stereocenters. The topological polar surface area (TPSA) is 73.9 Å². The smallest absolute Gasteiger partial charge is 0.217 e. The van der Waals surface area contributed by atoms with Crippen molar-refractivity contribution in [2.45, 2.75) is 109 Å². The number of allylic oxidation sites excluding steroid dienone is 3. The average molecular weight is 616 g/mol. The van der Waals surface area contributed by atoms with Crippen molar-refractivity contribution in [1.29, 1.82) is 0 Å². The van der Waals surface area contributed by atoms with Gasteiger partial charge in [-0.15, -0.1) is 11.3 Å². The maximum atomic E-state index is 15.2. The van der Waals surface area contributed by atoms with Crippen LogP contribution in [0.2, 0.25) is 0 Å². The summed E-state index contributed by atoms with van der Waals surface area (Å²) >= 11 is 1.79. The molecule has 8 rings (SSSR count). The maximum absolute atomic E-state index is 15.2. The number of carbonyl (C=O) groups is 2. The van der Waals surface area contributed by atoms with E-state index in [1.54, 1.807) is 39.6 Å². The number of thiophene rings is 1. The summed E-state index contributed by atoms with van der Waals surface area (Å²) in [6, 6.07) is 1.87. The predicted octanol–water partition coefficient (Wildman–Crippen LogP) is 7.90. The molecule has 0 spiro atoms. The molecule has 1 aromatic heterocycles. The summed E-state index contributed by atoms with van der Waals surface area (Å²) in [5.74, 6) is 1.73. The van der Waals surface area contributed by atoms with E-state index >= 15 is 4.79 Å². The molecule has 2 bridgehead atoms. The van der Waals surface area contributed by atoms with Crippen molar-refractivity contribution >= 4 is 28.6 Å². The fourth-order valence-corrected chi connectivity index (χ4v) is 10.5. The van der Waals surface area contributed by atoms with Gasteiger partial charge in [0.15, 0.2) is 17.3 Å². The lowest BCUT2D eigenvalue weighted by molar-refractivity contribution is -0.119. The molecule has 1 aromatic carbocycles. The molecule has 0 aliphatic heterocycles. The third-order valence-corrected chi connectivity index (χ3v) is 12.1. The van der Waals surface area contributed by atoms with E-state index in [0.717, 1.165) is 79.4 Å². The molecular weight excluding hydrogens is 570 g/mol. The van der Waals surface area contributed by atoms with Gasteiger partial charge in [-0.2, -0.15) is 0 Å². The van der Waals surface area contributed by atoms with Gasteiger partial charge >= 0.3 is 0 Å². The normalized spacial score (nSPS) is 24.6. The molecule has 0 fully saturated rings. The Bertz CT molecular complexity index is 1580. The number of hydrogen-bond donors (Lipinski definition) is 1. The van der Waals surface area contributed by atoms with Crippen molar-refractivity contribution in [2.75, 3.05) is 21.3 Å². The van der Waals surface area contributed by atoms with Gasteiger partial charge in [0.2, 0.25) is 11.7 Å². The molecule has 234 valence electrons. The van der Waals surface area contributed by atoms with E-state index in [1.165, 1.54) is 64.8 Å². The number of rotatable bonds is 4.